The Balaban J connectivity index is 1.77. The van der Waals surface area contributed by atoms with Crippen molar-refractivity contribution in [3.63, 3.8) is 0 Å². The second kappa shape index (κ2) is 10.0. The fourth-order valence-electron chi connectivity index (χ4n) is 3.57. The quantitative estimate of drug-likeness (QED) is 0.505. The van der Waals surface area contributed by atoms with E-state index in [0.717, 1.165) is 12.8 Å². The molecule has 1 amide bonds. The van der Waals surface area contributed by atoms with Crippen LogP contribution in [0.1, 0.15) is 53.0 Å². The van der Waals surface area contributed by atoms with E-state index in [1.807, 2.05) is 30.0 Å². The zero-order valence-corrected chi connectivity index (χ0v) is 17.4. The number of benzene rings is 1. The molecule has 158 valence electrons. The molecule has 1 N–H and O–H groups in total. The van der Waals surface area contributed by atoms with Crippen molar-refractivity contribution < 1.29 is 19.2 Å². The lowest BCUT2D eigenvalue weighted by Gasteiger charge is -2.23. The number of carboxylic acid groups (broad SMARTS) is 1. The normalized spacial score (nSPS) is 11.0. The smallest absolute Gasteiger partial charge is 0.303 e. The Kier molecular flexibility index (Phi) is 7.17. The first kappa shape index (κ1) is 21.5. The minimum atomic E-state index is -0.816. The number of rotatable bonds is 10. The number of unbranched alkanes of at least 4 members (excludes halogenated alkanes) is 1. The van der Waals surface area contributed by atoms with E-state index in [1.165, 1.54) is 5.56 Å². The summed E-state index contributed by atoms with van der Waals surface area (Å²) < 4.78 is 5.27. The number of pyridine rings is 1. The second-order valence-electron chi connectivity index (χ2n) is 7.49. The largest absolute Gasteiger partial charge is 0.481 e. The molecule has 0 radical (unpaired) electrons. The summed E-state index contributed by atoms with van der Waals surface area (Å²) in [5.74, 6) is -0.913. The van der Waals surface area contributed by atoms with Crippen LogP contribution >= 0.6 is 0 Å². The second-order valence-corrected chi connectivity index (χ2v) is 7.49. The molecular formula is C23H27N3O4. The average Bonchev–Trinajstić information content (AvgIpc) is 3.09. The lowest BCUT2D eigenvalue weighted by atomic mass is 10.1. The predicted octanol–water partition coefficient (Wildman–Crippen LogP) is 4.17. The Labute approximate surface area is 175 Å². The fraction of sp³-hybridized carbons (Fsp3) is 0.391. The SMILES string of the molecule is Cc1cc(C(=O)N(CCCCC(=O)O)CCCc2ccccc2)c2c(C)noc2n1. The molecule has 1 aromatic carbocycles. The zero-order valence-electron chi connectivity index (χ0n) is 17.4. The molecule has 3 rings (SSSR count). The van der Waals surface area contributed by atoms with Gasteiger partial charge >= 0.3 is 5.97 Å². The number of amides is 1. The van der Waals surface area contributed by atoms with Gasteiger partial charge in [0.1, 0.15) is 0 Å². The standard InChI is InChI=1S/C23H27N3O4/c1-16-15-19(21-17(2)25-30-22(21)24-16)23(29)26(13-7-6-12-20(27)28)14-8-11-18-9-4-3-5-10-18/h3-5,9-10,15H,6-8,11-14H2,1-2H3,(H,27,28). The monoisotopic (exact) mass is 409 g/mol. The highest BCUT2D eigenvalue weighted by Gasteiger charge is 2.22. The maximum absolute atomic E-state index is 13.4. The third kappa shape index (κ3) is 5.43. The molecule has 0 unspecified atom stereocenters. The van der Waals surface area contributed by atoms with E-state index in [0.29, 0.717) is 54.0 Å². The number of aliphatic carboxylic acids is 1. The molecule has 2 heterocycles. The predicted molar refractivity (Wildman–Crippen MR) is 113 cm³/mol. The van der Waals surface area contributed by atoms with Crippen LogP contribution in [0.5, 0.6) is 0 Å². The van der Waals surface area contributed by atoms with Crippen LogP contribution in [-0.2, 0) is 11.2 Å². The Morgan fingerprint density at radius 2 is 1.80 bits per heavy atom. The molecule has 0 saturated heterocycles. The van der Waals surface area contributed by atoms with Crippen molar-refractivity contribution in [3.8, 4) is 0 Å². The highest BCUT2D eigenvalue weighted by Crippen LogP contribution is 2.23. The molecule has 30 heavy (non-hydrogen) atoms. The summed E-state index contributed by atoms with van der Waals surface area (Å²) in [7, 11) is 0. The van der Waals surface area contributed by atoms with Crippen LogP contribution in [-0.4, -0.2) is 45.1 Å². The van der Waals surface area contributed by atoms with Gasteiger partial charge < -0.3 is 14.5 Å². The van der Waals surface area contributed by atoms with Gasteiger partial charge in [0, 0.05) is 25.2 Å². The number of aromatic nitrogens is 2. The van der Waals surface area contributed by atoms with Crippen LogP contribution < -0.4 is 0 Å². The Bertz CT molecular complexity index is 1010. The molecule has 0 bridgehead atoms. The van der Waals surface area contributed by atoms with Gasteiger partial charge in [-0.25, -0.2) is 4.98 Å². The Morgan fingerprint density at radius 3 is 2.53 bits per heavy atom. The highest BCUT2D eigenvalue weighted by atomic mass is 16.5. The molecule has 7 heteroatoms. The van der Waals surface area contributed by atoms with Crippen molar-refractivity contribution in [1.29, 1.82) is 0 Å². The van der Waals surface area contributed by atoms with Gasteiger partial charge in [-0.1, -0.05) is 35.5 Å². The molecule has 0 aliphatic heterocycles. The van der Waals surface area contributed by atoms with E-state index >= 15 is 0 Å². The molecule has 0 atom stereocenters. The first-order valence-corrected chi connectivity index (χ1v) is 10.2. The maximum atomic E-state index is 13.4. The number of carboxylic acids is 1. The van der Waals surface area contributed by atoms with Crippen LogP contribution in [0.2, 0.25) is 0 Å². The van der Waals surface area contributed by atoms with Crippen molar-refractivity contribution in [3.05, 3.63) is 58.9 Å². The lowest BCUT2D eigenvalue weighted by molar-refractivity contribution is -0.137. The summed E-state index contributed by atoms with van der Waals surface area (Å²) in [6, 6.07) is 11.9. The average molecular weight is 409 g/mol. The van der Waals surface area contributed by atoms with Crippen molar-refractivity contribution in [2.45, 2.75) is 46.0 Å². The molecule has 0 saturated carbocycles. The van der Waals surface area contributed by atoms with Crippen molar-refractivity contribution in [2.75, 3.05) is 13.1 Å². The molecule has 0 fully saturated rings. The molecule has 0 aliphatic rings. The summed E-state index contributed by atoms with van der Waals surface area (Å²) in [4.78, 5) is 30.4. The maximum Gasteiger partial charge on any atom is 0.303 e. The Hall–Kier alpha value is -3.22. The summed E-state index contributed by atoms with van der Waals surface area (Å²) in [6.45, 7) is 4.72. The van der Waals surface area contributed by atoms with Gasteiger partial charge in [0.25, 0.3) is 11.6 Å². The third-order valence-corrected chi connectivity index (χ3v) is 5.07. The van der Waals surface area contributed by atoms with Crippen LogP contribution in [0, 0.1) is 13.8 Å². The van der Waals surface area contributed by atoms with Crippen LogP contribution in [0.25, 0.3) is 11.1 Å². The van der Waals surface area contributed by atoms with Gasteiger partial charge in [-0.05, 0) is 51.2 Å². The minimum absolute atomic E-state index is 0.0970. The molecule has 7 nitrogen and oxygen atoms in total. The fourth-order valence-corrected chi connectivity index (χ4v) is 3.57. The van der Waals surface area contributed by atoms with Crippen LogP contribution in [0.3, 0.4) is 0 Å². The molecule has 2 aromatic heterocycles. The number of hydrogen-bond donors (Lipinski definition) is 1. The van der Waals surface area contributed by atoms with E-state index in [9.17, 15) is 9.59 Å². The minimum Gasteiger partial charge on any atom is -0.481 e. The van der Waals surface area contributed by atoms with E-state index in [1.54, 1.807) is 13.0 Å². The summed E-state index contributed by atoms with van der Waals surface area (Å²) >= 11 is 0. The van der Waals surface area contributed by atoms with Crippen molar-refractivity contribution in [1.82, 2.24) is 15.0 Å². The Morgan fingerprint density at radius 1 is 1.07 bits per heavy atom. The van der Waals surface area contributed by atoms with Gasteiger partial charge in [0.05, 0.1) is 16.6 Å². The van der Waals surface area contributed by atoms with Gasteiger partial charge in [0.15, 0.2) is 0 Å². The summed E-state index contributed by atoms with van der Waals surface area (Å²) in [5, 5.41) is 13.5. The van der Waals surface area contributed by atoms with Gasteiger partial charge in [0.2, 0.25) is 0 Å². The van der Waals surface area contributed by atoms with E-state index in [-0.39, 0.29) is 12.3 Å². The van der Waals surface area contributed by atoms with Crippen LogP contribution in [0.4, 0.5) is 0 Å². The van der Waals surface area contributed by atoms with Gasteiger partial charge in [-0.2, -0.15) is 0 Å². The van der Waals surface area contributed by atoms with Gasteiger partial charge in [-0.15, -0.1) is 0 Å². The molecule has 3 aromatic rings. The number of nitrogens with zero attached hydrogens (tertiary/aromatic N) is 3. The first-order valence-electron chi connectivity index (χ1n) is 10.2. The summed E-state index contributed by atoms with van der Waals surface area (Å²) in [5.41, 5.74) is 3.46. The van der Waals surface area contributed by atoms with E-state index in [2.05, 4.69) is 22.3 Å². The summed E-state index contributed by atoms with van der Waals surface area (Å²) in [6.07, 6.45) is 2.98. The third-order valence-electron chi connectivity index (χ3n) is 5.07. The molecule has 0 spiro atoms. The highest BCUT2D eigenvalue weighted by molar-refractivity contribution is 6.06. The molecular weight excluding hydrogens is 382 g/mol. The van der Waals surface area contributed by atoms with Crippen molar-refractivity contribution in [2.24, 2.45) is 0 Å². The van der Waals surface area contributed by atoms with Gasteiger partial charge in [-0.3, -0.25) is 9.59 Å². The lowest BCUT2D eigenvalue weighted by Crippen LogP contribution is -2.33. The molecule has 0 aliphatic carbocycles. The van der Waals surface area contributed by atoms with E-state index < -0.39 is 5.97 Å². The van der Waals surface area contributed by atoms with E-state index in [4.69, 9.17) is 9.63 Å². The number of hydrogen-bond acceptors (Lipinski definition) is 5. The topological polar surface area (TPSA) is 96.5 Å². The number of carbonyl (C=O) groups excluding carboxylic acids is 1. The number of aryl methyl sites for hydroxylation is 3. The zero-order chi connectivity index (χ0) is 21.5. The first-order chi connectivity index (χ1) is 14.5. The van der Waals surface area contributed by atoms with Crippen molar-refractivity contribution >= 4 is 23.0 Å². The van der Waals surface area contributed by atoms with Crippen LogP contribution in [0.15, 0.2) is 40.9 Å². The number of fused-ring (bicyclic) bond motifs is 1. The number of carbonyl (C=O) groups is 2.